The van der Waals surface area contributed by atoms with Crippen LogP contribution in [0.1, 0.15) is 18.4 Å². The van der Waals surface area contributed by atoms with Crippen LogP contribution in [0, 0.1) is 0 Å². The van der Waals surface area contributed by atoms with Gasteiger partial charge >= 0.3 is 0 Å². The zero-order valence-electron chi connectivity index (χ0n) is 15.2. The van der Waals surface area contributed by atoms with Crippen molar-refractivity contribution in [2.24, 2.45) is 0 Å². The topological polar surface area (TPSA) is 76.7 Å². The molecule has 148 valence electrons. The van der Waals surface area contributed by atoms with Crippen molar-refractivity contribution in [3.8, 4) is 11.5 Å². The zero-order valence-corrected chi connectivity index (χ0v) is 16.7. The molecule has 0 bridgehead atoms. The second kappa shape index (κ2) is 11.2. The number of carbonyl (C=O) groups excluding carboxylic acids is 2. The van der Waals surface area contributed by atoms with Crippen molar-refractivity contribution in [1.29, 1.82) is 0 Å². The van der Waals surface area contributed by atoms with Crippen molar-refractivity contribution in [3.63, 3.8) is 0 Å². The van der Waals surface area contributed by atoms with Gasteiger partial charge in [-0.25, -0.2) is 0 Å². The number of hydrazine groups is 1. The van der Waals surface area contributed by atoms with E-state index in [9.17, 15) is 9.59 Å². The lowest BCUT2D eigenvalue weighted by molar-refractivity contribution is -0.126. The summed E-state index contributed by atoms with van der Waals surface area (Å²) in [5.74, 6) is 0.477. The van der Waals surface area contributed by atoms with E-state index in [-0.39, 0.29) is 12.3 Å². The Balaban J connectivity index is 1.64. The summed E-state index contributed by atoms with van der Waals surface area (Å²) >= 11 is 11.8. The summed E-state index contributed by atoms with van der Waals surface area (Å²) in [6.07, 6.45) is 3.61. The maximum absolute atomic E-state index is 11.8. The lowest BCUT2D eigenvalue weighted by Gasteiger charge is -2.08. The first-order chi connectivity index (χ1) is 13.5. The minimum Gasteiger partial charge on any atom is -0.497 e. The van der Waals surface area contributed by atoms with E-state index in [4.69, 9.17) is 32.7 Å². The highest BCUT2D eigenvalue weighted by molar-refractivity contribution is 6.35. The Morgan fingerprint density at radius 3 is 2.50 bits per heavy atom. The van der Waals surface area contributed by atoms with Gasteiger partial charge in [-0.05, 0) is 48.4 Å². The molecule has 0 aliphatic rings. The molecule has 2 aromatic rings. The Kier molecular flexibility index (Phi) is 8.65. The van der Waals surface area contributed by atoms with Crippen LogP contribution in [0.5, 0.6) is 11.5 Å². The molecule has 28 heavy (non-hydrogen) atoms. The lowest BCUT2D eigenvalue weighted by Crippen LogP contribution is -2.40. The van der Waals surface area contributed by atoms with E-state index in [0.29, 0.717) is 28.8 Å². The second-order valence-corrected chi connectivity index (χ2v) is 6.51. The smallest absolute Gasteiger partial charge is 0.262 e. The van der Waals surface area contributed by atoms with Crippen molar-refractivity contribution in [2.75, 3.05) is 13.7 Å². The largest absolute Gasteiger partial charge is 0.497 e. The fourth-order valence-corrected chi connectivity index (χ4v) is 2.59. The van der Waals surface area contributed by atoms with Crippen molar-refractivity contribution in [1.82, 2.24) is 10.9 Å². The van der Waals surface area contributed by atoms with Gasteiger partial charge in [-0.15, -0.1) is 0 Å². The first-order valence-electron chi connectivity index (χ1n) is 8.47. The number of amides is 2. The quantitative estimate of drug-likeness (QED) is 0.382. The highest BCUT2D eigenvalue weighted by Crippen LogP contribution is 2.27. The first kappa shape index (κ1) is 21.6. The molecule has 6 nitrogen and oxygen atoms in total. The molecule has 0 spiro atoms. The van der Waals surface area contributed by atoms with E-state index in [1.165, 1.54) is 6.08 Å². The fraction of sp³-hybridized carbons (Fsp3) is 0.200. The third-order valence-electron chi connectivity index (χ3n) is 3.57. The predicted molar refractivity (Wildman–Crippen MR) is 110 cm³/mol. The summed E-state index contributed by atoms with van der Waals surface area (Å²) in [5.41, 5.74) is 5.50. The molecule has 0 radical (unpaired) electrons. The van der Waals surface area contributed by atoms with Crippen molar-refractivity contribution in [2.45, 2.75) is 12.8 Å². The fourth-order valence-electron chi connectivity index (χ4n) is 2.13. The van der Waals surface area contributed by atoms with Crippen LogP contribution >= 0.6 is 23.2 Å². The number of rotatable bonds is 8. The Hall–Kier alpha value is -2.70. The van der Waals surface area contributed by atoms with Crippen LogP contribution < -0.4 is 20.3 Å². The lowest BCUT2D eigenvalue weighted by atomic mass is 10.2. The van der Waals surface area contributed by atoms with Gasteiger partial charge in [0.1, 0.15) is 11.5 Å². The maximum atomic E-state index is 11.8. The molecule has 2 amide bonds. The minimum atomic E-state index is -0.437. The predicted octanol–water partition coefficient (Wildman–Crippen LogP) is 4.02. The molecule has 2 N–H and O–H groups in total. The Labute approximate surface area is 173 Å². The SMILES string of the molecule is COc1ccc(/C=C/C(=O)NNC(=O)CCCOc2ccc(Cl)cc2Cl)cc1. The van der Waals surface area contributed by atoms with E-state index in [0.717, 1.165) is 11.3 Å². The van der Waals surface area contributed by atoms with Crippen LogP contribution in [0.15, 0.2) is 48.5 Å². The van der Waals surface area contributed by atoms with Gasteiger partial charge in [-0.3, -0.25) is 20.4 Å². The maximum Gasteiger partial charge on any atom is 0.262 e. The number of hydrogen-bond donors (Lipinski definition) is 2. The van der Waals surface area contributed by atoms with E-state index < -0.39 is 5.91 Å². The van der Waals surface area contributed by atoms with Crippen molar-refractivity contribution >= 4 is 41.1 Å². The number of carbonyl (C=O) groups is 2. The van der Waals surface area contributed by atoms with E-state index in [1.54, 1.807) is 43.5 Å². The van der Waals surface area contributed by atoms with Crippen LogP contribution in [-0.4, -0.2) is 25.5 Å². The third-order valence-corrected chi connectivity index (χ3v) is 4.10. The summed E-state index contributed by atoms with van der Waals surface area (Å²) in [7, 11) is 1.58. The molecule has 2 aromatic carbocycles. The van der Waals surface area contributed by atoms with E-state index in [1.807, 2.05) is 12.1 Å². The highest BCUT2D eigenvalue weighted by atomic mass is 35.5. The Morgan fingerprint density at radius 1 is 1.07 bits per heavy atom. The molecule has 0 aliphatic carbocycles. The molecule has 0 saturated carbocycles. The first-order valence-corrected chi connectivity index (χ1v) is 9.22. The average Bonchev–Trinajstić information content (AvgIpc) is 2.69. The van der Waals surface area contributed by atoms with Gasteiger partial charge in [0.2, 0.25) is 5.91 Å². The van der Waals surface area contributed by atoms with Crippen molar-refractivity contribution < 1.29 is 19.1 Å². The summed E-state index contributed by atoms with van der Waals surface area (Å²) < 4.78 is 10.6. The molecule has 0 fully saturated rings. The summed E-state index contributed by atoms with van der Waals surface area (Å²) in [5, 5.41) is 0.932. The van der Waals surface area contributed by atoms with Gasteiger partial charge < -0.3 is 9.47 Å². The van der Waals surface area contributed by atoms with Gasteiger partial charge in [0.25, 0.3) is 5.91 Å². The minimum absolute atomic E-state index is 0.188. The number of benzene rings is 2. The number of methoxy groups -OCH3 is 1. The van der Waals surface area contributed by atoms with Gasteiger partial charge in [0.05, 0.1) is 18.7 Å². The van der Waals surface area contributed by atoms with Crippen LogP contribution in [0.2, 0.25) is 10.0 Å². The standard InChI is InChI=1S/C20H20Cl2N2O4/c1-27-16-8-4-14(5-9-16)6-11-20(26)24-23-19(25)3-2-12-28-18-10-7-15(21)13-17(18)22/h4-11,13H,2-3,12H2,1H3,(H,23,25)(H,24,26)/b11-6+. The Bertz CT molecular complexity index is 839. The summed E-state index contributed by atoms with van der Waals surface area (Å²) in [6, 6.07) is 12.1. The molecule has 0 heterocycles. The van der Waals surface area contributed by atoms with Gasteiger partial charge in [0, 0.05) is 17.5 Å². The molecular formula is C20H20Cl2N2O4. The highest BCUT2D eigenvalue weighted by Gasteiger charge is 2.05. The molecule has 8 heteroatoms. The Morgan fingerprint density at radius 2 is 1.82 bits per heavy atom. The van der Waals surface area contributed by atoms with Crippen LogP contribution in [-0.2, 0) is 9.59 Å². The number of halogens is 2. The molecular weight excluding hydrogens is 403 g/mol. The van der Waals surface area contributed by atoms with Gasteiger partial charge in [-0.1, -0.05) is 35.3 Å². The molecule has 0 atom stereocenters. The summed E-state index contributed by atoms with van der Waals surface area (Å²) in [6.45, 7) is 0.306. The monoisotopic (exact) mass is 422 g/mol. The van der Waals surface area contributed by atoms with Crippen LogP contribution in [0.4, 0.5) is 0 Å². The number of hydrogen-bond acceptors (Lipinski definition) is 4. The van der Waals surface area contributed by atoms with E-state index >= 15 is 0 Å². The molecule has 0 saturated heterocycles. The average molecular weight is 423 g/mol. The number of ether oxygens (including phenoxy) is 2. The zero-order chi connectivity index (χ0) is 20.4. The number of nitrogens with one attached hydrogen (secondary N) is 2. The van der Waals surface area contributed by atoms with Crippen LogP contribution in [0.3, 0.4) is 0 Å². The van der Waals surface area contributed by atoms with Crippen molar-refractivity contribution in [3.05, 3.63) is 64.1 Å². The molecule has 0 unspecified atom stereocenters. The van der Waals surface area contributed by atoms with Gasteiger partial charge in [-0.2, -0.15) is 0 Å². The molecule has 2 rings (SSSR count). The molecule has 0 aromatic heterocycles. The van der Waals surface area contributed by atoms with E-state index in [2.05, 4.69) is 10.9 Å². The third kappa shape index (κ3) is 7.50. The van der Waals surface area contributed by atoms with Gasteiger partial charge in [0.15, 0.2) is 0 Å². The summed E-state index contributed by atoms with van der Waals surface area (Å²) in [4.78, 5) is 23.5. The second-order valence-electron chi connectivity index (χ2n) is 5.67. The normalized spacial score (nSPS) is 10.5. The molecule has 0 aliphatic heterocycles. The van der Waals surface area contributed by atoms with Crippen LogP contribution in [0.25, 0.3) is 6.08 Å².